The molecule has 0 radical (unpaired) electrons. The number of nitrogen functional groups attached to an aromatic ring is 1. The van der Waals surface area contributed by atoms with E-state index in [9.17, 15) is 4.79 Å². The first-order chi connectivity index (χ1) is 12.9. The maximum absolute atomic E-state index is 12.5. The van der Waals surface area contributed by atoms with E-state index in [-0.39, 0.29) is 18.1 Å². The molecule has 27 heavy (non-hydrogen) atoms. The molecule has 0 bridgehead atoms. The molecule has 2 aromatic rings. The van der Waals surface area contributed by atoms with Gasteiger partial charge in [0.25, 0.3) is 5.91 Å². The van der Waals surface area contributed by atoms with E-state index in [1.54, 1.807) is 7.05 Å². The molecule has 4 rings (SSSR count). The van der Waals surface area contributed by atoms with Gasteiger partial charge in [-0.3, -0.25) is 4.79 Å². The number of hydrogen-bond acceptors (Lipinski definition) is 5. The minimum Gasteiger partial charge on any atom is -0.491 e. The predicted molar refractivity (Wildman–Crippen MR) is 105 cm³/mol. The molecule has 0 atom stereocenters. The third-order valence-corrected chi connectivity index (χ3v) is 5.58. The molecule has 1 aliphatic carbocycles. The van der Waals surface area contributed by atoms with Gasteiger partial charge in [0.1, 0.15) is 22.8 Å². The lowest BCUT2D eigenvalue weighted by Crippen LogP contribution is -2.60. The average Bonchev–Trinajstić information content (AvgIpc) is 2.89. The van der Waals surface area contributed by atoms with E-state index in [1.165, 1.54) is 0 Å². The van der Waals surface area contributed by atoms with E-state index < -0.39 is 0 Å². The Balaban J connectivity index is 1.66. The Morgan fingerprint density at radius 1 is 1.33 bits per heavy atom. The van der Waals surface area contributed by atoms with Crippen molar-refractivity contribution < 1.29 is 9.53 Å². The lowest BCUT2D eigenvalue weighted by molar-refractivity contribution is 0.00345. The Morgan fingerprint density at radius 3 is 2.52 bits per heavy atom. The minimum atomic E-state index is -0.212. The number of anilines is 1. The number of benzene rings is 1. The summed E-state index contributed by atoms with van der Waals surface area (Å²) in [5.41, 5.74) is 8.70. The number of rotatable bonds is 5. The summed E-state index contributed by atoms with van der Waals surface area (Å²) in [5.74, 6) is 1.02. The molecule has 4 N–H and O–H groups in total. The van der Waals surface area contributed by atoms with Crippen LogP contribution in [-0.2, 0) is 0 Å². The molecule has 2 heterocycles. The van der Waals surface area contributed by atoms with Crippen molar-refractivity contribution in [3.05, 3.63) is 29.8 Å². The van der Waals surface area contributed by atoms with Crippen molar-refractivity contribution in [3.8, 4) is 17.0 Å². The Labute approximate surface area is 159 Å². The van der Waals surface area contributed by atoms with E-state index in [1.807, 2.05) is 42.8 Å². The highest BCUT2D eigenvalue weighted by Crippen LogP contribution is 2.52. The van der Waals surface area contributed by atoms with Crippen molar-refractivity contribution in [1.82, 2.24) is 20.4 Å². The van der Waals surface area contributed by atoms with Gasteiger partial charge in [0.15, 0.2) is 0 Å². The summed E-state index contributed by atoms with van der Waals surface area (Å²) in [6.07, 6.45) is 2.22. The summed E-state index contributed by atoms with van der Waals surface area (Å²) >= 11 is 0. The number of nitrogens with zero attached hydrogens (tertiary/aromatic N) is 2. The van der Waals surface area contributed by atoms with Crippen molar-refractivity contribution in [2.75, 3.05) is 25.9 Å². The summed E-state index contributed by atoms with van der Waals surface area (Å²) in [6.45, 7) is 6.11. The van der Waals surface area contributed by atoms with Crippen molar-refractivity contribution in [3.63, 3.8) is 0 Å². The quantitative estimate of drug-likeness (QED) is 0.751. The molecular weight excluding hydrogens is 342 g/mol. The van der Waals surface area contributed by atoms with Crippen LogP contribution in [0.3, 0.4) is 0 Å². The lowest BCUT2D eigenvalue weighted by atomic mass is 9.62. The Bertz CT molecular complexity index is 844. The molecule has 1 aromatic heterocycles. The first kappa shape index (κ1) is 17.9. The molecule has 7 nitrogen and oxygen atoms in total. The highest BCUT2D eigenvalue weighted by Gasteiger charge is 2.50. The van der Waals surface area contributed by atoms with Crippen LogP contribution in [0.4, 0.5) is 5.82 Å². The van der Waals surface area contributed by atoms with Crippen LogP contribution in [0, 0.1) is 5.41 Å². The average molecular weight is 369 g/mol. The largest absolute Gasteiger partial charge is 0.491 e. The number of carbonyl (C=O) groups is 1. The number of nitrogens with two attached hydrogens (primary N) is 1. The number of nitrogens with one attached hydrogen (secondary N) is 2. The van der Waals surface area contributed by atoms with E-state index >= 15 is 0 Å². The molecule has 1 saturated heterocycles. The number of amides is 1. The van der Waals surface area contributed by atoms with Crippen LogP contribution in [0.5, 0.6) is 5.75 Å². The fraction of sp³-hybridized carbons (Fsp3) is 0.500. The molecular formula is C20H27N5O2. The third-order valence-electron chi connectivity index (χ3n) is 5.58. The second kappa shape index (κ2) is 6.56. The summed E-state index contributed by atoms with van der Waals surface area (Å²) in [5, 5.41) is 10.8. The standard InChI is InChI=1S/C20H27N5O2/c1-12(2)27-15-6-4-13(5-7-15)17-16(19(26)22-3)18(21)25(24-17)14-8-20(9-14)10-23-11-20/h4-7,12,14,23H,8-11,21H2,1-3H3,(H,22,26). The van der Waals surface area contributed by atoms with Gasteiger partial charge in [0.05, 0.1) is 12.1 Å². The van der Waals surface area contributed by atoms with Crippen molar-refractivity contribution in [2.24, 2.45) is 5.41 Å². The van der Waals surface area contributed by atoms with Crippen molar-refractivity contribution in [2.45, 2.75) is 38.8 Å². The molecule has 0 unspecified atom stereocenters. The van der Waals surface area contributed by atoms with Gasteiger partial charge in [-0.1, -0.05) is 0 Å². The molecule has 1 saturated carbocycles. The topological polar surface area (TPSA) is 94.2 Å². The van der Waals surface area contributed by atoms with Crippen molar-refractivity contribution in [1.29, 1.82) is 0 Å². The fourth-order valence-electron chi connectivity index (χ4n) is 4.12. The van der Waals surface area contributed by atoms with Gasteiger partial charge in [-0.15, -0.1) is 0 Å². The molecule has 7 heteroatoms. The second-order valence-electron chi connectivity index (χ2n) is 7.99. The molecule has 2 aliphatic rings. The number of aromatic nitrogens is 2. The molecule has 1 spiro atoms. The van der Waals surface area contributed by atoms with Crippen LogP contribution >= 0.6 is 0 Å². The van der Waals surface area contributed by atoms with Gasteiger partial charge in [-0.2, -0.15) is 5.10 Å². The highest BCUT2D eigenvalue weighted by atomic mass is 16.5. The monoisotopic (exact) mass is 369 g/mol. The van der Waals surface area contributed by atoms with E-state index in [2.05, 4.69) is 10.6 Å². The maximum Gasteiger partial charge on any atom is 0.257 e. The second-order valence-corrected chi connectivity index (χ2v) is 7.99. The zero-order chi connectivity index (χ0) is 19.2. The third kappa shape index (κ3) is 3.06. The Kier molecular flexibility index (Phi) is 4.34. The van der Waals surface area contributed by atoms with Gasteiger partial charge < -0.3 is 21.1 Å². The molecule has 2 fully saturated rings. The summed E-state index contributed by atoms with van der Waals surface area (Å²) in [6, 6.07) is 7.91. The van der Waals surface area contributed by atoms with E-state index in [0.29, 0.717) is 22.5 Å². The summed E-state index contributed by atoms with van der Waals surface area (Å²) in [4.78, 5) is 12.5. The van der Waals surface area contributed by atoms with Crippen LogP contribution in [0.15, 0.2) is 24.3 Å². The fourth-order valence-corrected chi connectivity index (χ4v) is 4.12. The highest BCUT2D eigenvalue weighted by molar-refractivity contribution is 6.04. The molecule has 1 aliphatic heterocycles. The van der Waals surface area contributed by atoms with Gasteiger partial charge in [0, 0.05) is 25.7 Å². The first-order valence-electron chi connectivity index (χ1n) is 9.50. The van der Waals surface area contributed by atoms with Crippen molar-refractivity contribution >= 4 is 11.7 Å². The molecule has 144 valence electrons. The van der Waals surface area contributed by atoms with Crippen LogP contribution in [0.25, 0.3) is 11.3 Å². The zero-order valence-electron chi connectivity index (χ0n) is 16.1. The Morgan fingerprint density at radius 2 is 2.00 bits per heavy atom. The summed E-state index contributed by atoms with van der Waals surface area (Å²) < 4.78 is 7.55. The van der Waals surface area contributed by atoms with Gasteiger partial charge in [0.2, 0.25) is 0 Å². The molecule has 1 amide bonds. The van der Waals surface area contributed by atoms with E-state index in [4.69, 9.17) is 15.6 Å². The number of hydrogen-bond donors (Lipinski definition) is 3. The van der Waals surface area contributed by atoms with Crippen LogP contribution in [0.1, 0.15) is 43.1 Å². The SMILES string of the molecule is CNC(=O)c1c(-c2ccc(OC(C)C)cc2)nn(C2CC3(CNC3)C2)c1N. The van der Waals surface area contributed by atoms with Crippen LogP contribution in [-0.4, -0.2) is 41.9 Å². The minimum absolute atomic E-state index is 0.110. The predicted octanol–water partition coefficient (Wildman–Crippen LogP) is 2.20. The number of carbonyl (C=O) groups excluding carboxylic acids is 1. The summed E-state index contributed by atoms with van der Waals surface area (Å²) in [7, 11) is 1.61. The van der Waals surface area contributed by atoms with Gasteiger partial charge >= 0.3 is 0 Å². The smallest absolute Gasteiger partial charge is 0.257 e. The maximum atomic E-state index is 12.5. The Hall–Kier alpha value is -2.54. The van der Waals surface area contributed by atoms with Gasteiger partial charge in [-0.25, -0.2) is 4.68 Å². The molecule has 1 aromatic carbocycles. The van der Waals surface area contributed by atoms with Crippen LogP contribution < -0.4 is 21.1 Å². The number of ether oxygens (including phenoxy) is 1. The van der Waals surface area contributed by atoms with E-state index in [0.717, 1.165) is 37.2 Å². The van der Waals surface area contributed by atoms with Crippen LogP contribution in [0.2, 0.25) is 0 Å². The lowest BCUT2D eigenvalue weighted by Gasteiger charge is -2.54. The normalized spacial score (nSPS) is 18.2. The first-order valence-corrected chi connectivity index (χ1v) is 9.50. The van der Waals surface area contributed by atoms with Gasteiger partial charge in [-0.05, 0) is 56.4 Å². The zero-order valence-corrected chi connectivity index (χ0v) is 16.1.